The van der Waals surface area contributed by atoms with Gasteiger partial charge in [-0.05, 0) is 42.9 Å². The predicted molar refractivity (Wildman–Crippen MR) is 119 cm³/mol. The topological polar surface area (TPSA) is 122 Å². The van der Waals surface area contributed by atoms with Crippen molar-refractivity contribution in [3.63, 3.8) is 0 Å². The highest BCUT2D eigenvalue weighted by Crippen LogP contribution is 2.29. The van der Waals surface area contributed by atoms with Crippen molar-refractivity contribution < 1.29 is 24.5 Å². The Balaban J connectivity index is 0.00000178. The molecule has 8 heteroatoms. The van der Waals surface area contributed by atoms with Gasteiger partial charge in [-0.1, -0.05) is 63.0 Å². The van der Waals surface area contributed by atoms with Gasteiger partial charge in [0.25, 0.3) is 5.91 Å². The van der Waals surface area contributed by atoms with Crippen molar-refractivity contribution >= 4 is 28.0 Å². The van der Waals surface area contributed by atoms with Crippen LogP contribution in [0.25, 0.3) is 0 Å². The summed E-state index contributed by atoms with van der Waals surface area (Å²) in [5, 5.41) is 16.9. The number of rotatable bonds is 9. The third kappa shape index (κ3) is 10.5. The van der Waals surface area contributed by atoms with E-state index in [1.54, 1.807) is 12.1 Å². The fourth-order valence-corrected chi connectivity index (χ4v) is 3.22. The molecule has 0 fully saturated rings. The zero-order chi connectivity index (χ0) is 22.7. The summed E-state index contributed by atoms with van der Waals surface area (Å²) in [4.78, 5) is 21.7. The number of hydrogen-bond donors (Lipinski definition) is 4. The lowest BCUT2D eigenvalue weighted by atomic mass is 9.79. The van der Waals surface area contributed by atoms with Crippen LogP contribution in [0, 0.1) is 5.41 Å². The molecule has 5 N–H and O–H groups in total. The molecule has 1 aromatic rings. The second-order valence-electron chi connectivity index (χ2n) is 7.86. The van der Waals surface area contributed by atoms with Gasteiger partial charge in [0.15, 0.2) is 0 Å². The fraction of sp³-hybridized carbons (Fsp3) is 0.619. The first kappa shape index (κ1) is 27.2. The molecule has 0 bridgehead atoms. The molecule has 0 aliphatic rings. The van der Waals surface area contributed by atoms with Gasteiger partial charge >= 0.3 is 6.16 Å². The minimum atomic E-state index is -1.83. The largest absolute Gasteiger partial charge is 0.503 e. The Kier molecular flexibility index (Phi) is 11.9. The van der Waals surface area contributed by atoms with E-state index in [0.717, 1.165) is 19.3 Å². The molecule has 2 atom stereocenters. The molecule has 29 heavy (non-hydrogen) atoms. The molecule has 1 amide bonds. The molecule has 0 spiro atoms. The first-order chi connectivity index (χ1) is 13.4. The second kappa shape index (κ2) is 12.7. The van der Waals surface area contributed by atoms with Crippen LogP contribution in [0.5, 0.6) is 5.75 Å². The Morgan fingerprint density at radius 2 is 1.79 bits per heavy atom. The highest BCUT2D eigenvalue weighted by molar-refractivity contribution is 9.09. The number of benzene rings is 1. The molecule has 1 aromatic carbocycles. The zero-order valence-electron chi connectivity index (χ0n) is 18.0. The monoisotopic (exact) mass is 474 g/mol. The summed E-state index contributed by atoms with van der Waals surface area (Å²) in [7, 11) is 0. The number of amides is 1. The molecule has 0 aromatic heterocycles. The highest BCUT2D eigenvalue weighted by atomic mass is 79.9. The summed E-state index contributed by atoms with van der Waals surface area (Å²) in [5.41, 5.74) is 5.99. The van der Waals surface area contributed by atoms with Crippen molar-refractivity contribution in [2.24, 2.45) is 11.1 Å². The van der Waals surface area contributed by atoms with Gasteiger partial charge in [-0.3, -0.25) is 4.79 Å². The number of carbonyl (C=O) groups is 2. The van der Waals surface area contributed by atoms with Crippen molar-refractivity contribution in [2.45, 2.75) is 70.8 Å². The van der Waals surface area contributed by atoms with Gasteiger partial charge in [0.1, 0.15) is 5.75 Å². The molecule has 0 heterocycles. The lowest BCUT2D eigenvalue weighted by Gasteiger charge is -2.41. The molecular formula is C21H35BrN2O5. The van der Waals surface area contributed by atoms with E-state index in [2.05, 4.69) is 28.2 Å². The molecular weight excluding hydrogens is 440 g/mol. The van der Waals surface area contributed by atoms with E-state index in [1.807, 2.05) is 39.8 Å². The average Bonchev–Trinajstić information content (AvgIpc) is 2.60. The first-order valence-corrected chi connectivity index (χ1v) is 10.7. The third-order valence-corrected chi connectivity index (χ3v) is 5.55. The van der Waals surface area contributed by atoms with Gasteiger partial charge in [-0.25, -0.2) is 4.79 Å². The standard InChI is InChI=1S/C20H33BrN2O2.CH2O3/c1-6-9-16(21)12-13-25-17-11-8-10-15(14-17)18(24)23-20(22,7-2)19(3,4)5;2-1(3)4/h8,10-11,14,16H,6-7,9,12-13,22H2,1-5H3,(H,23,24);(H2,2,3,4). The maximum absolute atomic E-state index is 12.6. The summed E-state index contributed by atoms with van der Waals surface area (Å²) < 4.78 is 5.80. The number of nitrogens with one attached hydrogen (secondary N) is 1. The first-order valence-electron chi connectivity index (χ1n) is 9.76. The lowest BCUT2D eigenvalue weighted by molar-refractivity contribution is 0.0765. The number of alkyl halides is 1. The van der Waals surface area contributed by atoms with E-state index in [0.29, 0.717) is 29.2 Å². The van der Waals surface area contributed by atoms with E-state index < -0.39 is 11.8 Å². The molecule has 2 unspecified atom stereocenters. The number of ether oxygens (including phenoxy) is 1. The fourth-order valence-electron chi connectivity index (χ4n) is 2.57. The number of carbonyl (C=O) groups excluding carboxylic acids is 1. The molecule has 0 aliphatic heterocycles. The van der Waals surface area contributed by atoms with E-state index in [-0.39, 0.29) is 11.3 Å². The molecule has 0 aliphatic carbocycles. The summed E-state index contributed by atoms with van der Waals surface area (Å²) >= 11 is 3.65. The minimum absolute atomic E-state index is 0.172. The Morgan fingerprint density at radius 3 is 2.28 bits per heavy atom. The lowest BCUT2D eigenvalue weighted by Crippen LogP contribution is -2.63. The smallest absolute Gasteiger partial charge is 0.494 e. The van der Waals surface area contributed by atoms with Gasteiger partial charge in [0.2, 0.25) is 0 Å². The van der Waals surface area contributed by atoms with Crippen LogP contribution < -0.4 is 15.8 Å². The Hall–Kier alpha value is -1.80. The van der Waals surface area contributed by atoms with Crippen LogP contribution in [-0.4, -0.2) is 39.4 Å². The molecule has 1 rings (SSSR count). The Bertz CT molecular complexity index is 644. The van der Waals surface area contributed by atoms with E-state index in [1.165, 1.54) is 0 Å². The number of carboxylic acid groups (broad SMARTS) is 2. The maximum atomic E-state index is 12.6. The van der Waals surface area contributed by atoms with Crippen molar-refractivity contribution in [1.29, 1.82) is 0 Å². The molecule has 0 radical (unpaired) electrons. The predicted octanol–water partition coefficient (Wildman–Crippen LogP) is 5.08. The van der Waals surface area contributed by atoms with Crippen LogP contribution in [0.1, 0.15) is 70.7 Å². The van der Waals surface area contributed by atoms with E-state index in [9.17, 15) is 4.79 Å². The van der Waals surface area contributed by atoms with Crippen LogP contribution >= 0.6 is 15.9 Å². The molecule has 7 nitrogen and oxygen atoms in total. The van der Waals surface area contributed by atoms with Gasteiger partial charge in [0, 0.05) is 10.4 Å². The van der Waals surface area contributed by atoms with Gasteiger partial charge in [-0.2, -0.15) is 0 Å². The molecule has 0 saturated carbocycles. The molecule has 0 saturated heterocycles. The van der Waals surface area contributed by atoms with Crippen molar-refractivity contribution in [1.82, 2.24) is 5.32 Å². The van der Waals surface area contributed by atoms with E-state index in [4.69, 9.17) is 25.5 Å². The average molecular weight is 475 g/mol. The zero-order valence-corrected chi connectivity index (χ0v) is 19.6. The van der Waals surface area contributed by atoms with Crippen LogP contribution in [0.4, 0.5) is 4.79 Å². The van der Waals surface area contributed by atoms with Gasteiger partial charge in [-0.15, -0.1) is 0 Å². The SMILES string of the molecule is CCCC(Br)CCOc1cccc(C(=O)NC(N)(CC)C(C)(C)C)c1.O=C(O)O. The summed E-state index contributed by atoms with van der Waals surface area (Å²) in [6.07, 6.45) is 2.05. The Labute approximate surface area is 182 Å². The summed E-state index contributed by atoms with van der Waals surface area (Å²) in [6.45, 7) is 10.9. The number of nitrogens with two attached hydrogens (primary N) is 1. The molecule has 166 valence electrons. The van der Waals surface area contributed by atoms with Crippen LogP contribution in [0.3, 0.4) is 0 Å². The van der Waals surface area contributed by atoms with Crippen LogP contribution in [0.2, 0.25) is 0 Å². The van der Waals surface area contributed by atoms with Gasteiger partial charge < -0.3 is 26.0 Å². The summed E-state index contributed by atoms with van der Waals surface area (Å²) in [6, 6.07) is 7.27. The minimum Gasteiger partial charge on any atom is -0.494 e. The van der Waals surface area contributed by atoms with E-state index >= 15 is 0 Å². The van der Waals surface area contributed by atoms with Crippen LogP contribution in [-0.2, 0) is 0 Å². The maximum Gasteiger partial charge on any atom is 0.503 e. The van der Waals surface area contributed by atoms with Crippen molar-refractivity contribution in [3.8, 4) is 5.75 Å². The normalized spacial score (nSPS) is 14.0. The number of hydrogen-bond acceptors (Lipinski definition) is 4. The summed E-state index contributed by atoms with van der Waals surface area (Å²) in [5.74, 6) is 0.535. The quantitative estimate of drug-likeness (QED) is 0.292. The second-order valence-corrected chi connectivity index (χ2v) is 9.16. The van der Waals surface area contributed by atoms with Crippen molar-refractivity contribution in [2.75, 3.05) is 6.61 Å². The van der Waals surface area contributed by atoms with Crippen molar-refractivity contribution in [3.05, 3.63) is 29.8 Å². The Morgan fingerprint density at radius 1 is 1.21 bits per heavy atom. The third-order valence-electron chi connectivity index (χ3n) is 4.63. The van der Waals surface area contributed by atoms with Crippen LogP contribution in [0.15, 0.2) is 24.3 Å². The van der Waals surface area contributed by atoms with Gasteiger partial charge in [0.05, 0.1) is 12.3 Å². The highest BCUT2D eigenvalue weighted by Gasteiger charge is 2.38. The number of halogens is 1.